The van der Waals surface area contributed by atoms with E-state index in [1.54, 1.807) is 6.07 Å². The fourth-order valence-corrected chi connectivity index (χ4v) is 2.81. The number of sulfonamides is 1. The smallest absolute Gasteiger partial charge is 0.260 e. The van der Waals surface area contributed by atoms with Crippen molar-refractivity contribution in [2.45, 2.75) is 18.2 Å². The summed E-state index contributed by atoms with van der Waals surface area (Å²) in [6.07, 6.45) is 1.36. The zero-order valence-corrected chi connectivity index (χ0v) is 11.9. The molecule has 0 unspecified atom stereocenters. The predicted molar refractivity (Wildman–Crippen MR) is 75.3 cm³/mol. The Labute approximate surface area is 118 Å². The fourth-order valence-electron chi connectivity index (χ4n) is 1.74. The van der Waals surface area contributed by atoms with Crippen LogP contribution in [0, 0.1) is 0 Å². The van der Waals surface area contributed by atoms with E-state index in [0.29, 0.717) is 5.56 Å². The molecular weight excluding hydrogens is 276 g/mol. The molecule has 0 radical (unpaired) electrons. The number of hydrogen-bond donors (Lipinski definition) is 1. The van der Waals surface area contributed by atoms with Gasteiger partial charge in [-0.2, -0.15) is 4.31 Å². The third-order valence-corrected chi connectivity index (χ3v) is 4.62. The summed E-state index contributed by atoms with van der Waals surface area (Å²) in [7, 11) is -2.10. The number of aromatic nitrogens is 1. The molecule has 0 aliphatic rings. The van der Waals surface area contributed by atoms with Gasteiger partial charge in [-0.25, -0.2) is 13.4 Å². The zero-order valence-electron chi connectivity index (χ0n) is 11.1. The quantitative estimate of drug-likeness (QED) is 0.904. The molecule has 0 saturated carbocycles. The number of benzene rings is 1. The Morgan fingerprint density at radius 2 is 1.80 bits per heavy atom. The molecule has 1 heterocycles. The van der Waals surface area contributed by atoms with Crippen molar-refractivity contribution in [1.82, 2.24) is 9.29 Å². The van der Waals surface area contributed by atoms with Crippen molar-refractivity contribution in [3.63, 3.8) is 0 Å². The SMILES string of the molecule is CN(Cc1ccccc1)S(=O)(=O)c1ccc(CO)cn1. The number of aliphatic hydroxyl groups excluding tert-OH is 1. The van der Waals surface area contributed by atoms with Gasteiger partial charge in [-0.1, -0.05) is 36.4 Å². The largest absolute Gasteiger partial charge is 0.392 e. The zero-order chi connectivity index (χ0) is 14.6. The Bertz CT molecular complexity index is 655. The first kappa shape index (κ1) is 14.6. The predicted octanol–water partition coefficient (Wildman–Crippen LogP) is 1.39. The van der Waals surface area contributed by atoms with E-state index in [2.05, 4.69) is 4.98 Å². The molecular formula is C14H16N2O3S. The van der Waals surface area contributed by atoms with E-state index in [1.165, 1.54) is 23.6 Å². The van der Waals surface area contributed by atoms with Crippen molar-refractivity contribution < 1.29 is 13.5 Å². The van der Waals surface area contributed by atoms with E-state index in [-0.39, 0.29) is 18.2 Å². The molecule has 0 amide bonds. The minimum atomic E-state index is -3.62. The van der Waals surface area contributed by atoms with Gasteiger partial charge in [0.25, 0.3) is 10.0 Å². The van der Waals surface area contributed by atoms with Crippen LogP contribution in [-0.2, 0) is 23.2 Å². The maximum Gasteiger partial charge on any atom is 0.260 e. The van der Waals surface area contributed by atoms with Crippen LogP contribution in [0.4, 0.5) is 0 Å². The Morgan fingerprint density at radius 3 is 2.35 bits per heavy atom. The molecule has 0 saturated heterocycles. The van der Waals surface area contributed by atoms with Crippen LogP contribution in [0.3, 0.4) is 0 Å². The molecule has 0 bridgehead atoms. The minimum absolute atomic E-state index is 0.0202. The van der Waals surface area contributed by atoms with Gasteiger partial charge in [0, 0.05) is 19.8 Å². The highest BCUT2D eigenvalue weighted by Gasteiger charge is 2.22. The third kappa shape index (κ3) is 3.22. The number of nitrogens with zero attached hydrogens (tertiary/aromatic N) is 2. The molecule has 0 aliphatic carbocycles. The average Bonchev–Trinajstić information content (AvgIpc) is 2.48. The van der Waals surface area contributed by atoms with Crippen molar-refractivity contribution >= 4 is 10.0 Å². The molecule has 5 nitrogen and oxygen atoms in total. The molecule has 0 aliphatic heterocycles. The maximum atomic E-state index is 12.3. The van der Waals surface area contributed by atoms with Gasteiger partial charge < -0.3 is 5.11 Å². The number of rotatable bonds is 5. The summed E-state index contributed by atoms with van der Waals surface area (Å²) in [6.45, 7) is 0.125. The molecule has 1 aromatic carbocycles. The lowest BCUT2D eigenvalue weighted by atomic mass is 10.2. The molecule has 1 aromatic heterocycles. The van der Waals surface area contributed by atoms with Crippen LogP contribution in [0.25, 0.3) is 0 Å². The first-order valence-corrected chi connectivity index (χ1v) is 7.54. The Balaban J connectivity index is 2.20. The second kappa shape index (κ2) is 6.13. The molecule has 1 N–H and O–H groups in total. The lowest BCUT2D eigenvalue weighted by Gasteiger charge is -2.16. The van der Waals surface area contributed by atoms with Gasteiger partial charge >= 0.3 is 0 Å². The summed E-state index contributed by atoms with van der Waals surface area (Å²) in [6, 6.07) is 12.3. The second-order valence-electron chi connectivity index (χ2n) is 4.41. The van der Waals surface area contributed by atoms with Crippen LogP contribution in [0.1, 0.15) is 11.1 Å². The Kier molecular flexibility index (Phi) is 4.49. The molecule has 6 heteroatoms. The average molecular weight is 292 g/mol. The highest BCUT2D eigenvalue weighted by atomic mass is 32.2. The van der Waals surface area contributed by atoms with Crippen LogP contribution in [0.15, 0.2) is 53.7 Å². The van der Waals surface area contributed by atoms with Crippen LogP contribution in [0.2, 0.25) is 0 Å². The number of hydrogen-bond acceptors (Lipinski definition) is 4. The number of aliphatic hydroxyl groups is 1. The van der Waals surface area contributed by atoms with Gasteiger partial charge in [-0.3, -0.25) is 0 Å². The topological polar surface area (TPSA) is 70.5 Å². The van der Waals surface area contributed by atoms with Crippen LogP contribution in [-0.4, -0.2) is 29.9 Å². The second-order valence-corrected chi connectivity index (χ2v) is 6.40. The summed E-state index contributed by atoms with van der Waals surface area (Å²) in [5.74, 6) is 0. The van der Waals surface area contributed by atoms with E-state index in [9.17, 15) is 8.42 Å². The highest BCUT2D eigenvalue weighted by Crippen LogP contribution is 2.15. The van der Waals surface area contributed by atoms with Crippen molar-refractivity contribution in [3.05, 3.63) is 59.8 Å². The monoisotopic (exact) mass is 292 g/mol. The molecule has 20 heavy (non-hydrogen) atoms. The van der Waals surface area contributed by atoms with Gasteiger partial charge in [-0.15, -0.1) is 0 Å². The van der Waals surface area contributed by atoms with Crippen molar-refractivity contribution in [2.75, 3.05) is 7.05 Å². The van der Waals surface area contributed by atoms with Crippen molar-refractivity contribution in [1.29, 1.82) is 0 Å². The lowest BCUT2D eigenvalue weighted by Crippen LogP contribution is -2.27. The molecule has 0 fully saturated rings. The van der Waals surface area contributed by atoms with Gasteiger partial charge in [0.05, 0.1) is 6.61 Å². The van der Waals surface area contributed by atoms with E-state index in [0.717, 1.165) is 5.56 Å². The molecule has 2 aromatic rings. The van der Waals surface area contributed by atoms with Gasteiger partial charge in [0.2, 0.25) is 0 Å². The van der Waals surface area contributed by atoms with Gasteiger partial charge in [-0.05, 0) is 17.2 Å². The summed E-state index contributed by atoms with van der Waals surface area (Å²) in [4.78, 5) is 3.89. The number of pyridine rings is 1. The summed E-state index contributed by atoms with van der Waals surface area (Å²) in [5, 5.41) is 8.92. The Morgan fingerprint density at radius 1 is 1.10 bits per heavy atom. The van der Waals surface area contributed by atoms with E-state index >= 15 is 0 Å². The third-order valence-electron chi connectivity index (χ3n) is 2.90. The van der Waals surface area contributed by atoms with Crippen LogP contribution < -0.4 is 0 Å². The van der Waals surface area contributed by atoms with Crippen LogP contribution in [0.5, 0.6) is 0 Å². The molecule has 0 atom stereocenters. The van der Waals surface area contributed by atoms with E-state index in [1.807, 2.05) is 30.3 Å². The first-order chi connectivity index (χ1) is 9.54. The van der Waals surface area contributed by atoms with Crippen molar-refractivity contribution in [2.24, 2.45) is 0 Å². The van der Waals surface area contributed by atoms with E-state index in [4.69, 9.17) is 5.11 Å². The Hall–Kier alpha value is -1.76. The van der Waals surface area contributed by atoms with Crippen molar-refractivity contribution in [3.8, 4) is 0 Å². The lowest BCUT2D eigenvalue weighted by molar-refractivity contribution is 0.281. The molecule has 0 spiro atoms. The van der Waals surface area contributed by atoms with Crippen LogP contribution >= 0.6 is 0 Å². The fraction of sp³-hybridized carbons (Fsp3) is 0.214. The van der Waals surface area contributed by atoms with Gasteiger partial charge in [0.1, 0.15) is 0 Å². The van der Waals surface area contributed by atoms with Gasteiger partial charge in [0.15, 0.2) is 5.03 Å². The molecule has 2 rings (SSSR count). The minimum Gasteiger partial charge on any atom is -0.392 e. The summed E-state index contributed by atoms with van der Waals surface area (Å²) < 4.78 is 25.9. The normalized spacial score (nSPS) is 11.8. The first-order valence-electron chi connectivity index (χ1n) is 6.10. The summed E-state index contributed by atoms with van der Waals surface area (Å²) in [5.41, 5.74) is 1.49. The molecule has 106 valence electrons. The highest BCUT2D eigenvalue weighted by molar-refractivity contribution is 7.89. The van der Waals surface area contributed by atoms with E-state index < -0.39 is 10.0 Å². The maximum absolute atomic E-state index is 12.3. The standard InChI is InChI=1S/C14H16N2O3S/c1-16(10-12-5-3-2-4-6-12)20(18,19)14-8-7-13(11-17)9-15-14/h2-9,17H,10-11H2,1H3. The summed E-state index contributed by atoms with van der Waals surface area (Å²) >= 11 is 0.